The van der Waals surface area contributed by atoms with E-state index in [-0.39, 0.29) is 48.6 Å². The normalized spacial score (nSPS) is 43.3. The minimum atomic E-state index is -0.798. The lowest BCUT2D eigenvalue weighted by Crippen LogP contribution is -2.52. The van der Waals surface area contributed by atoms with Crippen molar-refractivity contribution in [2.45, 2.75) is 37.7 Å². The van der Waals surface area contributed by atoms with Crippen molar-refractivity contribution in [2.75, 3.05) is 6.61 Å². The van der Waals surface area contributed by atoms with Gasteiger partial charge in [-0.25, -0.2) is 0 Å². The van der Waals surface area contributed by atoms with E-state index in [2.05, 4.69) is 0 Å². The number of fused-ring (bicyclic) bond motifs is 3. The highest BCUT2D eigenvalue weighted by Gasteiger charge is 2.55. The number of hydrogen-bond donors (Lipinski definition) is 0. The van der Waals surface area contributed by atoms with Gasteiger partial charge in [-0.1, -0.05) is 12.2 Å². The number of ketones is 1. The summed E-state index contributed by atoms with van der Waals surface area (Å²) >= 11 is 0. The summed E-state index contributed by atoms with van der Waals surface area (Å²) < 4.78 is 10.7. The minimum Gasteiger partial charge on any atom is -0.343 e. The van der Waals surface area contributed by atoms with Crippen molar-refractivity contribution < 1.29 is 23.9 Å². The average molecular weight is 277 g/mol. The molecule has 6 heteroatoms. The molecule has 0 aromatic carbocycles. The molecule has 0 aromatic rings. The fourth-order valence-electron chi connectivity index (χ4n) is 3.63. The highest BCUT2D eigenvalue weighted by atomic mass is 16.7. The summed E-state index contributed by atoms with van der Waals surface area (Å²) in [4.78, 5) is 38.1. The molecule has 106 valence electrons. The van der Waals surface area contributed by atoms with E-state index < -0.39 is 12.3 Å². The molecule has 3 heterocycles. The van der Waals surface area contributed by atoms with Crippen LogP contribution in [0.2, 0.25) is 0 Å². The molecule has 6 nitrogen and oxygen atoms in total. The van der Waals surface area contributed by atoms with Gasteiger partial charge in [0.25, 0.3) is 0 Å². The largest absolute Gasteiger partial charge is 0.343 e. The van der Waals surface area contributed by atoms with Crippen LogP contribution in [-0.2, 0) is 23.9 Å². The van der Waals surface area contributed by atoms with E-state index in [4.69, 9.17) is 9.47 Å². The van der Waals surface area contributed by atoms with Crippen LogP contribution in [0.15, 0.2) is 12.2 Å². The van der Waals surface area contributed by atoms with Gasteiger partial charge in [0.05, 0.1) is 24.5 Å². The molecule has 2 bridgehead atoms. The second-order valence-corrected chi connectivity index (χ2v) is 5.78. The molecular formula is C14H15NO5. The van der Waals surface area contributed by atoms with Gasteiger partial charge >= 0.3 is 0 Å². The van der Waals surface area contributed by atoms with Crippen LogP contribution in [0.4, 0.5) is 0 Å². The lowest BCUT2D eigenvalue weighted by atomic mass is 9.85. The summed E-state index contributed by atoms with van der Waals surface area (Å²) in [5, 5.41) is 0. The Kier molecular flexibility index (Phi) is 2.59. The fraction of sp³-hybridized carbons (Fsp3) is 0.643. The van der Waals surface area contributed by atoms with Crippen LogP contribution in [0, 0.1) is 11.8 Å². The summed E-state index contributed by atoms with van der Waals surface area (Å²) in [5.74, 6) is -1.02. The zero-order chi connectivity index (χ0) is 13.9. The van der Waals surface area contributed by atoms with Crippen LogP contribution in [0.5, 0.6) is 0 Å². The Hall–Kier alpha value is -1.53. The highest BCUT2D eigenvalue weighted by Crippen LogP contribution is 2.39. The molecule has 3 aliphatic heterocycles. The Morgan fingerprint density at radius 1 is 1.05 bits per heavy atom. The number of nitrogens with zero attached hydrogens (tertiary/aromatic N) is 1. The number of allylic oxidation sites excluding steroid dienone is 2. The van der Waals surface area contributed by atoms with Gasteiger partial charge < -0.3 is 9.47 Å². The number of ether oxygens (including phenoxy) is 2. The van der Waals surface area contributed by atoms with Crippen molar-refractivity contribution in [3.8, 4) is 0 Å². The van der Waals surface area contributed by atoms with Gasteiger partial charge in [-0.2, -0.15) is 0 Å². The van der Waals surface area contributed by atoms with Crippen molar-refractivity contribution in [3.05, 3.63) is 12.2 Å². The number of likely N-dealkylation sites (tertiary alicyclic amines) is 1. The number of Topliss-reactive ketones (excluding diaryl/α,β-unsaturated/α-hetero) is 1. The smallest absolute Gasteiger partial charge is 0.233 e. The van der Waals surface area contributed by atoms with Crippen LogP contribution < -0.4 is 0 Å². The van der Waals surface area contributed by atoms with Gasteiger partial charge in [0.2, 0.25) is 18.1 Å². The van der Waals surface area contributed by atoms with Crippen LogP contribution in [0.3, 0.4) is 0 Å². The first kappa shape index (κ1) is 12.2. The van der Waals surface area contributed by atoms with Gasteiger partial charge in [0.15, 0.2) is 5.78 Å². The molecule has 0 aromatic heterocycles. The first-order valence-corrected chi connectivity index (χ1v) is 6.98. The van der Waals surface area contributed by atoms with Crippen molar-refractivity contribution in [2.24, 2.45) is 11.8 Å². The Morgan fingerprint density at radius 3 is 2.35 bits per heavy atom. The molecule has 0 spiro atoms. The number of hydrogen-bond acceptors (Lipinski definition) is 5. The van der Waals surface area contributed by atoms with E-state index in [9.17, 15) is 14.4 Å². The van der Waals surface area contributed by atoms with Crippen molar-refractivity contribution in [3.63, 3.8) is 0 Å². The van der Waals surface area contributed by atoms with Crippen molar-refractivity contribution >= 4 is 17.6 Å². The topological polar surface area (TPSA) is 72.9 Å². The van der Waals surface area contributed by atoms with E-state index in [1.54, 1.807) is 0 Å². The lowest BCUT2D eigenvalue weighted by Gasteiger charge is -2.32. The summed E-state index contributed by atoms with van der Waals surface area (Å²) in [5.41, 5.74) is 0. The fourth-order valence-corrected chi connectivity index (χ4v) is 3.63. The maximum absolute atomic E-state index is 12.5. The first-order valence-electron chi connectivity index (χ1n) is 6.98. The summed E-state index contributed by atoms with van der Waals surface area (Å²) in [6.45, 7) is 0.270. The molecule has 0 N–H and O–H groups in total. The molecule has 3 saturated heterocycles. The zero-order valence-corrected chi connectivity index (χ0v) is 10.9. The first-order chi connectivity index (χ1) is 9.66. The van der Waals surface area contributed by atoms with Crippen molar-refractivity contribution in [1.29, 1.82) is 0 Å². The third-order valence-electron chi connectivity index (χ3n) is 4.69. The highest BCUT2D eigenvalue weighted by molar-refractivity contribution is 6.06. The number of carbonyl (C=O) groups excluding carboxylic acids is 3. The second kappa shape index (κ2) is 4.23. The van der Waals surface area contributed by atoms with E-state index in [1.807, 2.05) is 12.2 Å². The molecule has 1 aliphatic carbocycles. The molecule has 0 saturated carbocycles. The molecule has 20 heavy (non-hydrogen) atoms. The van der Waals surface area contributed by atoms with Crippen LogP contribution in [0.1, 0.15) is 19.3 Å². The molecular weight excluding hydrogens is 262 g/mol. The molecule has 5 atom stereocenters. The van der Waals surface area contributed by atoms with E-state index in [1.165, 1.54) is 4.90 Å². The van der Waals surface area contributed by atoms with Gasteiger partial charge in [-0.05, 0) is 12.8 Å². The van der Waals surface area contributed by atoms with Crippen LogP contribution >= 0.6 is 0 Å². The number of carbonyl (C=O) groups is 3. The quantitative estimate of drug-likeness (QED) is 0.499. The summed E-state index contributed by atoms with van der Waals surface area (Å²) in [6, 6.07) is -0.494. The molecule has 0 unspecified atom stereocenters. The molecule has 2 amide bonds. The molecule has 3 fully saturated rings. The average Bonchev–Trinajstić information content (AvgIpc) is 2.99. The van der Waals surface area contributed by atoms with Gasteiger partial charge in [-0.15, -0.1) is 0 Å². The second-order valence-electron chi connectivity index (χ2n) is 5.78. The monoisotopic (exact) mass is 277 g/mol. The van der Waals surface area contributed by atoms with Gasteiger partial charge in [-0.3, -0.25) is 19.3 Å². The maximum atomic E-state index is 12.5. The summed E-state index contributed by atoms with van der Waals surface area (Å²) in [7, 11) is 0. The predicted molar refractivity (Wildman–Crippen MR) is 65.2 cm³/mol. The predicted octanol–water partition coefficient (Wildman–Crippen LogP) is 0.0205. The number of rotatable bonds is 1. The maximum Gasteiger partial charge on any atom is 0.233 e. The van der Waals surface area contributed by atoms with Crippen LogP contribution in [-0.4, -0.2) is 47.5 Å². The molecule has 4 aliphatic rings. The zero-order valence-electron chi connectivity index (χ0n) is 10.9. The van der Waals surface area contributed by atoms with Crippen LogP contribution in [0.25, 0.3) is 0 Å². The third-order valence-corrected chi connectivity index (χ3v) is 4.69. The van der Waals surface area contributed by atoms with E-state index in [0.717, 1.165) is 0 Å². The SMILES string of the molecule is O=C1C[C@H](N2C(=O)[C@@H]3CC=CC[C@H]3C2=O)[C@H]2CO[C@@H]1O2. The van der Waals surface area contributed by atoms with Gasteiger partial charge in [0.1, 0.15) is 6.10 Å². The number of amides is 2. The Morgan fingerprint density at radius 2 is 1.70 bits per heavy atom. The van der Waals surface area contributed by atoms with Crippen molar-refractivity contribution in [1.82, 2.24) is 4.90 Å². The Balaban J connectivity index is 1.64. The Labute approximate surface area is 115 Å². The van der Waals surface area contributed by atoms with Gasteiger partial charge in [0, 0.05) is 6.42 Å². The standard InChI is InChI=1S/C14H15NO5/c16-10-5-9(11-6-19-14(10)20-11)15-12(17)7-3-1-2-4-8(7)13(15)18/h1-2,7-9,11,14H,3-6H2/t7-,8-,9+,11-,14-/m1/s1. The molecule has 4 rings (SSSR count). The van der Waals surface area contributed by atoms with E-state index in [0.29, 0.717) is 12.8 Å². The summed E-state index contributed by atoms with van der Waals surface area (Å²) in [6.07, 6.45) is 4.11. The number of imide groups is 1. The lowest BCUT2D eigenvalue weighted by molar-refractivity contribution is -0.163. The molecule has 0 radical (unpaired) electrons. The Bertz CT molecular complexity index is 502. The minimum absolute atomic E-state index is 0.152. The van der Waals surface area contributed by atoms with E-state index >= 15 is 0 Å². The third kappa shape index (κ3) is 1.55.